The molecule has 16 heteroatoms. The summed E-state index contributed by atoms with van der Waals surface area (Å²) >= 11 is 18.6. The van der Waals surface area contributed by atoms with Crippen molar-refractivity contribution in [2.75, 3.05) is 6.61 Å². The highest BCUT2D eigenvalue weighted by Gasteiger charge is 2.32. The number of fused-ring (bicyclic) bond motifs is 1. The molecular weight excluding hydrogens is 559 g/mol. The van der Waals surface area contributed by atoms with Crippen molar-refractivity contribution < 1.29 is 36.7 Å². The van der Waals surface area contributed by atoms with Gasteiger partial charge in [-0.05, 0) is 19.1 Å². The van der Waals surface area contributed by atoms with Gasteiger partial charge in [0, 0.05) is 24.0 Å². The van der Waals surface area contributed by atoms with Crippen LogP contribution in [0.15, 0.2) is 35.1 Å². The van der Waals surface area contributed by atoms with Gasteiger partial charge in [-0.3, -0.25) is 0 Å². The summed E-state index contributed by atoms with van der Waals surface area (Å²) in [7, 11) is -2.53. The number of pyridine rings is 1. The Morgan fingerprint density at radius 3 is 2.51 bits per heavy atom. The smallest absolute Gasteiger partial charge is 0.417 e. The average Bonchev–Trinajstić information content (AvgIpc) is 3.40. The lowest BCUT2D eigenvalue weighted by atomic mass is 10.2. The quantitative estimate of drug-likeness (QED) is 0.259. The van der Waals surface area contributed by atoms with E-state index in [9.17, 15) is 13.2 Å². The molecule has 0 radical (unpaired) electrons. The van der Waals surface area contributed by atoms with Crippen LogP contribution in [0.3, 0.4) is 0 Å². The van der Waals surface area contributed by atoms with E-state index in [0.717, 1.165) is 16.7 Å². The summed E-state index contributed by atoms with van der Waals surface area (Å²) in [6.07, 6.45) is -3.10. The highest BCUT2D eigenvalue weighted by atomic mass is 35.5. The van der Waals surface area contributed by atoms with Crippen molar-refractivity contribution in [3.05, 3.63) is 51.2 Å². The Morgan fingerprint density at radius 2 is 1.83 bits per heavy atom. The molecule has 4 rings (SSSR count). The number of ether oxygens (including phenoxy) is 1. The molecule has 1 unspecified atom stereocenters. The molecule has 1 aromatic carbocycles. The number of aromatic nitrogens is 4. The van der Waals surface area contributed by atoms with Crippen LogP contribution in [0.1, 0.15) is 12.5 Å². The first-order chi connectivity index (χ1) is 16.4. The molecule has 0 saturated carbocycles. The monoisotopic (exact) mass is 570 g/mol. The van der Waals surface area contributed by atoms with Crippen LogP contribution in [0.4, 0.5) is 13.2 Å². The van der Waals surface area contributed by atoms with Gasteiger partial charge in [-0.25, -0.2) is 4.98 Å². The fourth-order valence-corrected chi connectivity index (χ4v) is 4.06. The predicted octanol–water partition coefficient (Wildman–Crippen LogP) is 6.03. The van der Waals surface area contributed by atoms with E-state index in [0.29, 0.717) is 5.56 Å². The Kier molecular flexibility index (Phi) is 7.44. The number of alkyl halides is 3. The summed E-state index contributed by atoms with van der Waals surface area (Å²) in [6, 6.07) is 3.62. The first-order valence-electron chi connectivity index (χ1n) is 9.48. The number of nitrogens with zero attached hydrogens (tertiary/aromatic N) is 4. The number of hydrogen-bond acceptors (Lipinski definition) is 8. The standard InChI is InChI=1S/C19H13Cl3F3N4O5P/c1-8(34-35(30)31)7-32-15-4-11(20)10(3-12(15)21)16-27-18(33-28-16)14-6-29-5-9(19(23,24)25)2-13(22)17(29)26-14/h2-6,8,30-31H,7H2,1H3. The normalized spacial score (nSPS) is 13.1. The van der Waals surface area contributed by atoms with Crippen molar-refractivity contribution >= 4 is 49.1 Å². The maximum Gasteiger partial charge on any atom is 0.417 e. The van der Waals surface area contributed by atoms with Crippen LogP contribution < -0.4 is 4.74 Å². The molecule has 0 saturated heterocycles. The Hall–Kier alpha value is -2.18. The van der Waals surface area contributed by atoms with Gasteiger partial charge >= 0.3 is 14.8 Å². The van der Waals surface area contributed by atoms with Crippen molar-refractivity contribution in [2.45, 2.75) is 19.2 Å². The van der Waals surface area contributed by atoms with E-state index in [2.05, 4.69) is 15.1 Å². The van der Waals surface area contributed by atoms with Gasteiger partial charge in [0.25, 0.3) is 5.89 Å². The fourth-order valence-electron chi connectivity index (χ4n) is 2.96. The fraction of sp³-hybridized carbons (Fsp3) is 0.211. The van der Waals surface area contributed by atoms with E-state index in [-0.39, 0.29) is 50.5 Å². The third-order valence-corrected chi connectivity index (χ3v) is 5.92. The lowest BCUT2D eigenvalue weighted by Gasteiger charge is -2.15. The summed E-state index contributed by atoms with van der Waals surface area (Å²) in [5.41, 5.74) is -0.485. The molecule has 2 N–H and O–H groups in total. The molecule has 0 aliphatic heterocycles. The maximum absolute atomic E-state index is 13.1. The Morgan fingerprint density at radius 1 is 1.09 bits per heavy atom. The molecule has 3 aromatic heterocycles. The summed E-state index contributed by atoms with van der Waals surface area (Å²) in [4.78, 5) is 26.1. The first kappa shape index (κ1) is 25.9. The third-order valence-electron chi connectivity index (χ3n) is 4.49. The summed E-state index contributed by atoms with van der Waals surface area (Å²) in [5.74, 6) is 0.159. The Labute approximate surface area is 211 Å². The van der Waals surface area contributed by atoms with Crippen LogP contribution in [0.2, 0.25) is 15.1 Å². The topological polar surface area (TPSA) is 115 Å². The van der Waals surface area contributed by atoms with Crippen molar-refractivity contribution in [2.24, 2.45) is 0 Å². The van der Waals surface area contributed by atoms with Crippen molar-refractivity contribution in [3.63, 3.8) is 0 Å². The van der Waals surface area contributed by atoms with Crippen molar-refractivity contribution in [1.82, 2.24) is 19.5 Å². The number of imidazole rings is 1. The van der Waals surface area contributed by atoms with E-state index in [1.807, 2.05) is 0 Å². The van der Waals surface area contributed by atoms with Gasteiger partial charge in [-0.15, -0.1) is 0 Å². The molecule has 9 nitrogen and oxygen atoms in total. The Balaban J connectivity index is 1.59. The van der Waals surface area contributed by atoms with Gasteiger partial charge in [-0.1, -0.05) is 40.0 Å². The highest BCUT2D eigenvalue weighted by Crippen LogP contribution is 2.37. The minimum Gasteiger partial charge on any atom is -0.489 e. The molecule has 1 atom stereocenters. The van der Waals surface area contributed by atoms with Crippen LogP contribution in [0.25, 0.3) is 28.6 Å². The van der Waals surface area contributed by atoms with E-state index in [1.54, 1.807) is 6.92 Å². The highest BCUT2D eigenvalue weighted by molar-refractivity contribution is 7.39. The van der Waals surface area contributed by atoms with E-state index < -0.39 is 26.4 Å². The van der Waals surface area contributed by atoms with Gasteiger partial charge < -0.3 is 28.0 Å². The number of benzene rings is 1. The second kappa shape index (κ2) is 10.1. The molecule has 4 aromatic rings. The third kappa shape index (κ3) is 5.80. The van der Waals surface area contributed by atoms with Gasteiger partial charge in [-0.2, -0.15) is 18.2 Å². The lowest BCUT2D eigenvalue weighted by molar-refractivity contribution is -0.137. The average molecular weight is 572 g/mol. The molecule has 0 spiro atoms. The predicted molar refractivity (Wildman–Crippen MR) is 121 cm³/mol. The molecule has 0 aliphatic carbocycles. The van der Waals surface area contributed by atoms with Crippen LogP contribution >= 0.6 is 43.4 Å². The molecule has 0 amide bonds. The SMILES string of the molecule is CC(COc1cc(Cl)c(-c2noc(-c3cn4cc(C(F)(F)F)cc(Cl)c4n3)n2)cc1Cl)OP(O)O. The molecule has 186 valence electrons. The molecule has 35 heavy (non-hydrogen) atoms. The summed E-state index contributed by atoms with van der Waals surface area (Å²) < 4.78 is 55.8. The first-order valence-corrected chi connectivity index (χ1v) is 11.8. The molecule has 0 fully saturated rings. The van der Waals surface area contributed by atoms with Gasteiger partial charge in [0.15, 0.2) is 5.65 Å². The molecule has 0 aliphatic rings. The minimum absolute atomic E-state index is 0.0335. The lowest BCUT2D eigenvalue weighted by Crippen LogP contribution is -2.16. The number of hydrogen-bond donors (Lipinski definition) is 2. The summed E-state index contributed by atoms with van der Waals surface area (Å²) in [5, 5.41) is 3.95. The molecule has 0 bridgehead atoms. The van der Waals surface area contributed by atoms with Crippen molar-refractivity contribution in [1.29, 1.82) is 0 Å². The number of halogens is 6. The zero-order valence-electron chi connectivity index (χ0n) is 17.3. The minimum atomic E-state index is -4.59. The van der Waals surface area contributed by atoms with E-state index >= 15 is 0 Å². The van der Waals surface area contributed by atoms with Gasteiger partial charge in [0.1, 0.15) is 18.1 Å². The van der Waals surface area contributed by atoms with Crippen LogP contribution in [0, 0.1) is 0 Å². The van der Waals surface area contributed by atoms with Crippen LogP contribution in [-0.2, 0) is 10.7 Å². The molecule has 3 heterocycles. The van der Waals surface area contributed by atoms with Crippen molar-refractivity contribution in [3.8, 4) is 28.7 Å². The van der Waals surface area contributed by atoms with Crippen LogP contribution in [0.5, 0.6) is 5.75 Å². The van der Waals surface area contributed by atoms with E-state index in [4.69, 9.17) is 58.4 Å². The van der Waals surface area contributed by atoms with Gasteiger partial charge in [0.05, 0.1) is 26.7 Å². The number of rotatable bonds is 7. The Bertz CT molecular complexity index is 1380. The second-order valence-electron chi connectivity index (χ2n) is 7.10. The van der Waals surface area contributed by atoms with Gasteiger partial charge in [0.2, 0.25) is 5.82 Å². The molecular formula is C19H13Cl3F3N4O5P. The second-order valence-corrected chi connectivity index (χ2v) is 9.03. The summed E-state index contributed by atoms with van der Waals surface area (Å²) in [6.45, 7) is 1.54. The van der Waals surface area contributed by atoms with E-state index in [1.165, 1.54) is 18.3 Å². The zero-order chi connectivity index (χ0) is 25.5. The largest absolute Gasteiger partial charge is 0.489 e. The zero-order valence-corrected chi connectivity index (χ0v) is 20.5. The van der Waals surface area contributed by atoms with Crippen LogP contribution in [-0.4, -0.2) is 42.0 Å². The maximum atomic E-state index is 13.1.